The molecule has 2 aromatic rings. The molecule has 1 aromatic heterocycles. The predicted molar refractivity (Wildman–Crippen MR) is 85.7 cm³/mol. The van der Waals surface area contributed by atoms with Crippen molar-refractivity contribution >= 4 is 17.6 Å². The molecular formula is C16H17N3O5. The molecule has 2 N–H and O–H groups in total. The maximum atomic E-state index is 12.3. The molecule has 0 radical (unpaired) electrons. The Morgan fingerprint density at radius 3 is 2.46 bits per heavy atom. The summed E-state index contributed by atoms with van der Waals surface area (Å²) < 4.78 is 10.5. The van der Waals surface area contributed by atoms with Crippen molar-refractivity contribution in [3.63, 3.8) is 0 Å². The van der Waals surface area contributed by atoms with E-state index in [0.717, 1.165) is 0 Å². The highest BCUT2D eigenvalue weighted by atomic mass is 16.5. The van der Waals surface area contributed by atoms with Crippen LogP contribution in [0.2, 0.25) is 0 Å². The summed E-state index contributed by atoms with van der Waals surface area (Å²) in [6.45, 7) is 3.65. The van der Waals surface area contributed by atoms with Crippen molar-refractivity contribution in [1.29, 1.82) is 0 Å². The first-order chi connectivity index (χ1) is 11.4. The third-order valence-electron chi connectivity index (χ3n) is 2.92. The first-order valence-electron chi connectivity index (χ1n) is 7.13. The van der Waals surface area contributed by atoms with Gasteiger partial charge in [-0.15, -0.1) is 10.2 Å². The molecular weight excluding hydrogens is 314 g/mol. The van der Waals surface area contributed by atoms with E-state index in [4.69, 9.17) is 14.6 Å². The molecule has 0 saturated carbocycles. The van der Waals surface area contributed by atoms with Gasteiger partial charge in [0.2, 0.25) is 5.88 Å². The summed E-state index contributed by atoms with van der Waals surface area (Å²) in [5.74, 6) is -1.000. The average molecular weight is 331 g/mol. The minimum Gasteiger partial charge on any atom is -0.489 e. The van der Waals surface area contributed by atoms with Gasteiger partial charge in [0.05, 0.1) is 24.5 Å². The fourth-order valence-electron chi connectivity index (χ4n) is 1.85. The highest BCUT2D eigenvalue weighted by Crippen LogP contribution is 2.27. The Labute approximate surface area is 138 Å². The van der Waals surface area contributed by atoms with Crippen LogP contribution in [0, 0.1) is 0 Å². The second-order valence-electron chi connectivity index (χ2n) is 5.10. The summed E-state index contributed by atoms with van der Waals surface area (Å²) >= 11 is 0. The van der Waals surface area contributed by atoms with Gasteiger partial charge in [-0.2, -0.15) is 0 Å². The largest absolute Gasteiger partial charge is 0.489 e. The number of carbonyl (C=O) groups is 2. The van der Waals surface area contributed by atoms with Crippen molar-refractivity contribution in [2.45, 2.75) is 20.0 Å². The Bertz CT molecular complexity index is 744. The van der Waals surface area contributed by atoms with Gasteiger partial charge in [-0.3, -0.25) is 4.79 Å². The van der Waals surface area contributed by atoms with Gasteiger partial charge in [0, 0.05) is 6.07 Å². The number of carbonyl (C=O) groups excluding carboxylic acids is 1. The lowest BCUT2D eigenvalue weighted by atomic mass is 10.2. The molecule has 8 heteroatoms. The number of nitrogens with zero attached hydrogens (tertiary/aromatic N) is 2. The maximum Gasteiger partial charge on any atom is 0.335 e. The Balaban J connectivity index is 2.29. The molecule has 0 aliphatic heterocycles. The number of anilines is 1. The summed E-state index contributed by atoms with van der Waals surface area (Å²) in [5, 5.41) is 19.2. The van der Waals surface area contributed by atoms with Gasteiger partial charge in [0.15, 0.2) is 5.69 Å². The zero-order chi connectivity index (χ0) is 17.7. The molecule has 0 fully saturated rings. The van der Waals surface area contributed by atoms with Crippen molar-refractivity contribution in [1.82, 2.24) is 10.2 Å². The van der Waals surface area contributed by atoms with E-state index in [2.05, 4.69) is 15.5 Å². The molecule has 0 saturated heterocycles. The third kappa shape index (κ3) is 4.19. The van der Waals surface area contributed by atoms with Crippen LogP contribution in [0.25, 0.3) is 0 Å². The number of rotatable bonds is 6. The monoisotopic (exact) mass is 331 g/mol. The predicted octanol–water partition coefficient (Wildman–Crippen LogP) is 2.22. The van der Waals surface area contributed by atoms with E-state index in [1.807, 2.05) is 13.8 Å². The van der Waals surface area contributed by atoms with E-state index in [1.165, 1.54) is 37.4 Å². The average Bonchev–Trinajstić information content (AvgIpc) is 2.55. The van der Waals surface area contributed by atoms with Crippen molar-refractivity contribution in [2.75, 3.05) is 12.4 Å². The first-order valence-corrected chi connectivity index (χ1v) is 7.13. The number of methoxy groups -OCH3 is 1. The molecule has 2 rings (SSSR count). The maximum absolute atomic E-state index is 12.3. The number of amides is 1. The fraction of sp³-hybridized carbons (Fsp3) is 0.250. The normalized spacial score (nSPS) is 10.3. The lowest BCUT2D eigenvalue weighted by molar-refractivity contribution is 0.0696. The Morgan fingerprint density at radius 2 is 1.92 bits per heavy atom. The molecule has 1 aromatic carbocycles. The number of carboxylic acids is 1. The topological polar surface area (TPSA) is 111 Å². The van der Waals surface area contributed by atoms with Gasteiger partial charge in [-0.05, 0) is 38.1 Å². The van der Waals surface area contributed by atoms with Gasteiger partial charge in [0.25, 0.3) is 5.91 Å². The highest BCUT2D eigenvalue weighted by molar-refractivity contribution is 6.04. The summed E-state index contributed by atoms with van der Waals surface area (Å²) in [6.07, 6.45) is -0.142. The van der Waals surface area contributed by atoms with Crippen molar-refractivity contribution < 1.29 is 24.2 Å². The second kappa shape index (κ2) is 7.40. The minimum atomic E-state index is -1.11. The van der Waals surface area contributed by atoms with Crippen LogP contribution in [0.1, 0.15) is 34.7 Å². The smallest absolute Gasteiger partial charge is 0.335 e. The molecule has 1 heterocycles. The zero-order valence-electron chi connectivity index (χ0n) is 13.4. The van der Waals surface area contributed by atoms with E-state index in [1.54, 1.807) is 0 Å². The molecule has 0 aliphatic carbocycles. The van der Waals surface area contributed by atoms with Crippen LogP contribution in [0.3, 0.4) is 0 Å². The van der Waals surface area contributed by atoms with Crippen LogP contribution < -0.4 is 14.8 Å². The SMILES string of the molecule is COc1ccc(C(=O)Nc2cc(C(=O)O)ccc2OC(C)C)nn1. The third-order valence-corrected chi connectivity index (χ3v) is 2.92. The van der Waals surface area contributed by atoms with Crippen molar-refractivity contribution in [3.8, 4) is 11.6 Å². The number of ether oxygens (including phenoxy) is 2. The van der Waals surface area contributed by atoms with Gasteiger partial charge in [-0.1, -0.05) is 0 Å². The number of aromatic nitrogens is 2. The number of nitrogens with one attached hydrogen (secondary N) is 1. The lowest BCUT2D eigenvalue weighted by Crippen LogP contribution is -2.17. The molecule has 0 atom stereocenters. The Hall–Kier alpha value is -3.16. The Kier molecular flexibility index (Phi) is 5.31. The first kappa shape index (κ1) is 17.2. The number of benzene rings is 1. The quantitative estimate of drug-likeness (QED) is 0.835. The number of carboxylic acid groups (broad SMARTS) is 1. The second-order valence-corrected chi connectivity index (χ2v) is 5.10. The van der Waals surface area contributed by atoms with E-state index in [9.17, 15) is 9.59 Å². The zero-order valence-corrected chi connectivity index (χ0v) is 13.4. The van der Waals surface area contributed by atoms with E-state index >= 15 is 0 Å². The van der Waals surface area contributed by atoms with Crippen LogP contribution in [0.15, 0.2) is 30.3 Å². The fourth-order valence-corrected chi connectivity index (χ4v) is 1.85. The molecule has 1 amide bonds. The molecule has 0 unspecified atom stereocenters. The molecule has 0 bridgehead atoms. The summed E-state index contributed by atoms with van der Waals surface area (Å²) in [5.41, 5.74) is 0.334. The summed E-state index contributed by atoms with van der Waals surface area (Å²) in [7, 11) is 1.44. The minimum absolute atomic E-state index is 0.0298. The highest BCUT2D eigenvalue weighted by Gasteiger charge is 2.15. The van der Waals surface area contributed by atoms with Crippen molar-refractivity contribution in [3.05, 3.63) is 41.6 Å². The van der Waals surface area contributed by atoms with Gasteiger partial charge in [-0.25, -0.2) is 4.79 Å². The number of aromatic carboxylic acids is 1. The summed E-state index contributed by atoms with van der Waals surface area (Å²) in [6, 6.07) is 7.18. The Morgan fingerprint density at radius 1 is 1.17 bits per heavy atom. The number of hydrogen-bond acceptors (Lipinski definition) is 6. The van der Waals surface area contributed by atoms with Crippen molar-refractivity contribution in [2.24, 2.45) is 0 Å². The lowest BCUT2D eigenvalue weighted by Gasteiger charge is -2.15. The molecule has 24 heavy (non-hydrogen) atoms. The van der Waals surface area contributed by atoms with Crippen LogP contribution in [-0.4, -0.2) is 40.4 Å². The van der Waals surface area contributed by atoms with Crippen LogP contribution >= 0.6 is 0 Å². The van der Waals surface area contributed by atoms with E-state index < -0.39 is 11.9 Å². The molecule has 0 spiro atoms. The van der Waals surface area contributed by atoms with E-state index in [0.29, 0.717) is 5.75 Å². The molecule has 126 valence electrons. The van der Waals surface area contributed by atoms with Crippen LogP contribution in [-0.2, 0) is 0 Å². The molecule has 0 aliphatic rings. The van der Waals surface area contributed by atoms with Gasteiger partial charge in [0.1, 0.15) is 5.75 Å². The van der Waals surface area contributed by atoms with Crippen LogP contribution in [0.5, 0.6) is 11.6 Å². The van der Waals surface area contributed by atoms with Gasteiger partial charge < -0.3 is 19.9 Å². The van der Waals surface area contributed by atoms with Crippen LogP contribution in [0.4, 0.5) is 5.69 Å². The number of hydrogen-bond donors (Lipinski definition) is 2. The standard InChI is InChI=1S/C16H17N3O5/c1-9(2)24-13-6-4-10(16(21)22)8-12(13)17-15(20)11-5-7-14(23-3)19-18-11/h4-9H,1-3H3,(H,17,20)(H,21,22). The summed E-state index contributed by atoms with van der Waals surface area (Å²) in [4.78, 5) is 23.4. The van der Waals surface area contributed by atoms with E-state index in [-0.39, 0.29) is 28.9 Å². The molecule has 8 nitrogen and oxygen atoms in total. The van der Waals surface area contributed by atoms with Gasteiger partial charge >= 0.3 is 5.97 Å².